The number of rotatable bonds is 2. The molecule has 0 saturated heterocycles. The Kier molecular flexibility index (Phi) is 2.67. The Labute approximate surface area is 90.2 Å². The van der Waals surface area contributed by atoms with Gasteiger partial charge in [-0.05, 0) is 29.3 Å². The number of fused-ring (bicyclic) bond motifs is 1. The highest BCUT2D eigenvalue weighted by molar-refractivity contribution is 7.98. The molecule has 14 heavy (non-hydrogen) atoms. The molecule has 2 nitrogen and oxygen atoms in total. The van der Waals surface area contributed by atoms with Crippen molar-refractivity contribution in [2.24, 2.45) is 0 Å². The number of hydrogen-bond acceptors (Lipinski definition) is 4. The Bertz CT molecular complexity index is 462. The Morgan fingerprint density at radius 2 is 2.29 bits per heavy atom. The van der Waals surface area contributed by atoms with E-state index in [1.807, 2.05) is 23.8 Å². The lowest BCUT2D eigenvalue weighted by atomic mass is 10.1. The smallest absolute Gasteiger partial charge is 0.137 e. The van der Waals surface area contributed by atoms with Gasteiger partial charge >= 0.3 is 0 Å². The molecular weight excluding hydrogens is 216 g/mol. The molecule has 0 unspecified atom stereocenters. The minimum absolute atomic E-state index is 0.0187. The van der Waals surface area contributed by atoms with Gasteiger partial charge < -0.3 is 10.2 Å². The summed E-state index contributed by atoms with van der Waals surface area (Å²) >= 11 is 3.03. The van der Waals surface area contributed by atoms with Crippen LogP contribution in [0, 0.1) is 0 Å². The van der Waals surface area contributed by atoms with Crippen LogP contribution in [0.15, 0.2) is 22.4 Å². The van der Waals surface area contributed by atoms with Gasteiger partial charge in [0, 0.05) is 15.0 Å². The fourth-order valence-electron chi connectivity index (χ4n) is 1.44. The minimum Gasteiger partial charge on any atom is -0.506 e. The summed E-state index contributed by atoms with van der Waals surface area (Å²) in [5.74, 6) is 0.325. The zero-order chi connectivity index (χ0) is 10.1. The molecule has 0 aliphatic rings. The van der Waals surface area contributed by atoms with E-state index in [2.05, 4.69) is 0 Å². The van der Waals surface area contributed by atoms with Crippen LogP contribution in [0.4, 0.5) is 0 Å². The van der Waals surface area contributed by atoms with Crippen LogP contribution in [0.5, 0.6) is 5.75 Å². The summed E-state index contributed by atoms with van der Waals surface area (Å²) < 4.78 is 0.975. The summed E-state index contributed by atoms with van der Waals surface area (Å²) in [6.45, 7) is 0.0187. The van der Waals surface area contributed by atoms with Gasteiger partial charge in [0.1, 0.15) is 5.75 Å². The van der Waals surface area contributed by atoms with E-state index in [1.54, 1.807) is 11.3 Å². The highest BCUT2D eigenvalue weighted by Gasteiger charge is 2.10. The predicted octanol–water partition coefficient (Wildman–Crippen LogP) is 2.82. The third-order valence-electron chi connectivity index (χ3n) is 2.14. The maximum absolute atomic E-state index is 9.86. The van der Waals surface area contributed by atoms with Crippen molar-refractivity contribution < 1.29 is 10.2 Å². The van der Waals surface area contributed by atoms with E-state index < -0.39 is 0 Å². The van der Waals surface area contributed by atoms with E-state index in [0.29, 0.717) is 5.75 Å². The molecule has 1 aromatic carbocycles. The molecule has 0 aliphatic heterocycles. The molecule has 2 aromatic rings. The average Bonchev–Trinajstić information content (AvgIpc) is 2.68. The fraction of sp³-hybridized carbons (Fsp3) is 0.200. The molecular formula is C10H10O2S2. The van der Waals surface area contributed by atoms with Crippen molar-refractivity contribution in [3.05, 3.63) is 23.1 Å². The molecule has 0 radical (unpaired) electrons. The molecule has 74 valence electrons. The lowest BCUT2D eigenvalue weighted by molar-refractivity contribution is 0.283. The first-order chi connectivity index (χ1) is 6.77. The molecule has 0 spiro atoms. The summed E-state index contributed by atoms with van der Waals surface area (Å²) in [5.41, 5.74) is 0.886. The molecule has 0 fully saturated rings. The quantitative estimate of drug-likeness (QED) is 0.774. The van der Waals surface area contributed by atoms with E-state index in [4.69, 9.17) is 0 Å². The van der Waals surface area contributed by atoms with Gasteiger partial charge in [-0.2, -0.15) is 0 Å². The van der Waals surface area contributed by atoms with Gasteiger partial charge in [-0.1, -0.05) is 0 Å². The monoisotopic (exact) mass is 226 g/mol. The van der Waals surface area contributed by atoms with Gasteiger partial charge in [-0.15, -0.1) is 23.1 Å². The Morgan fingerprint density at radius 1 is 1.50 bits per heavy atom. The summed E-state index contributed by atoms with van der Waals surface area (Å²) in [4.78, 5) is 0.819. The van der Waals surface area contributed by atoms with Crippen LogP contribution in [0.1, 0.15) is 5.56 Å². The largest absolute Gasteiger partial charge is 0.506 e. The van der Waals surface area contributed by atoms with Crippen LogP contribution < -0.4 is 0 Å². The van der Waals surface area contributed by atoms with Crippen molar-refractivity contribution in [1.82, 2.24) is 0 Å². The van der Waals surface area contributed by atoms with E-state index in [-0.39, 0.29) is 6.61 Å². The lowest BCUT2D eigenvalue weighted by Crippen LogP contribution is -1.85. The first-order valence-electron chi connectivity index (χ1n) is 4.14. The Hall–Kier alpha value is -0.710. The van der Waals surface area contributed by atoms with Crippen molar-refractivity contribution >= 4 is 33.2 Å². The maximum atomic E-state index is 9.86. The number of thioether (sulfide) groups is 1. The van der Waals surface area contributed by atoms with E-state index >= 15 is 0 Å². The van der Waals surface area contributed by atoms with Crippen molar-refractivity contribution in [3.63, 3.8) is 0 Å². The number of phenols is 1. The van der Waals surface area contributed by atoms with E-state index in [0.717, 1.165) is 20.5 Å². The number of benzene rings is 1. The van der Waals surface area contributed by atoms with Gasteiger partial charge in [0.2, 0.25) is 0 Å². The lowest BCUT2D eigenvalue weighted by Gasteiger charge is -2.06. The molecule has 2 rings (SSSR count). The summed E-state index contributed by atoms with van der Waals surface area (Å²) in [6.07, 6.45) is 1.91. The topological polar surface area (TPSA) is 40.5 Å². The number of hydrogen-bond donors (Lipinski definition) is 2. The maximum Gasteiger partial charge on any atom is 0.137 e. The Balaban J connectivity index is 2.80. The van der Waals surface area contributed by atoms with Crippen molar-refractivity contribution in [1.29, 1.82) is 0 Å². The predicted molar refractivity (Wildman–Crippen MR) is 61.2 cm³/mol. The second-order valence-electron chi connectivity index (χ2n) is 2.91. The van der Waals surface area contributed by atoms with Crippen molar-refractivity contribution in [2.45, 2.75) is 11.5 Å². The Morgan fingerprint density at radius 3 is 2.93 bits per heavy atom. The SMILES string of the molecule is CSc1cc(CO)c2sccc2c1O. The molecule has 0 atom stereocenters. The minimum atomic E-state index is 0.0187. The first-order valence-corrected chi connectivity index (χ1v) is 6.25. The first kappa shape index (κ1) is 9.83. The number of aliphatic hydroxyl groups excluding tert-OH is 1. The summed E-state index contributed by atoms with van der Waals surface area (Å²) in [7, 11) is 0. The zero-order valence-electron chi connectivity index (χ0n) is 7.65. The van der Waals surface area contributed by atoms with Gasteiger partial charge in [-0.3, -0.25) is 0 Å². The third kappa shape index (κ3) is 1.39. The second kappa shape index (κ2) is 3.81. The van der Waals surface area contributed by atoms with Gasteiger partial charge in [0.25, 0.3) is 0 Å². The summed E-state index contributed by atoms with van der Waals surface area (Å²) in [5, 5.41) is 21.8. The van der Waals surface area contributed by atoms with Crippen LogP contribution in [-0.4, -0.2) is 16.5 Å². The highest BCUT2D eigenvalue weighted by Crippen LogP contribution is 2.39. The van der Waals surface area contributed by atoms with Crippen LogP contribution in [0.25, 0.3) is 10.1 Å². The number of aliphatic hydroxyl groups is 1. The molecule has 0 bridgehead atoms. The summed E-state index contributed by atoms with van der Waals surface area (Å²) in [6, 6.07) is 3.73. The molecule has 0 saturated carbocycles. The zero-order valence-corrected chi connectivity index (χ0v) is 9.28. The molecule has 1 aromatic heterocycles. The van der Waals surface area contributed by atoms with Crippen LogP contribution in [-0.2, 0) is 6.61 Å². The van der Waals surface area contributed by atoms with Gasteiger partial charge in [0.15, 0.2) is 0 Å². The third-order valence-corrected chi connectivity index (χ3v) is 3.88. The van der Waals surface area contributed by atoms with E-state index in [9.17, 15) is 10.2 Å². The van der Waals surface area contributed by atoms with Gasteiger partial charge in [-0.25, -0.2) is 0 Å². The van der Waals surface area contributed by atoms with Gasteiger partial charge in [0.05, 0.1) is 6.61 Å². The molecule has 0 aliphatic carbocycles. The molecule has 1 heterocycles. The second-order valence-corrected chi connectivity index (χ2v) is 4.67. The number of phenolic OH excluding ortho intramolecular Hbond substituents is 1. The van der Waals surface area contributed by atoms with Crippen LogP contribution in [0.3, 0.4) is 0 Å². The highest BCUT2D eigenvalue weighted by atomic mass is 32.2. The molecule has 0 amide bonds. The van der Waals surface area contributed by atoms with Crippen molar-refractivity contribution in [3.8, 4) is 5.75 Å². The van der Waals surface area contributed by atoms with Crippen LogP contribution in [0.2, 0.25) is 0 Å². The molecule has 4 heteroatoms. The average molecular weight is 226 g/mol. The van der Waals surface area contributed by atoms with Crippen LogP contribution >= 0.6 is 23.1 Å². The molecule has 2 N–H and O–H groups in total. The van der Waals surface area contributed by atoms with E-state index in [1.165, 1.54) is 11.8 Å². The van der Waals surface area contributed by atoms with Crippen molar-refractivity contribution in [2.75, 3.05) is 6.26 Å². The standard InChI is InChI=1S/C10H10O2S2/c1-13-8-4-6(5-11)10-7(9(8)12)2-3-14-10/h2-4,11-12H,5H2,1H3. The normalized spacial score (nSPS) is 11.0. The fourth-order valence-corrected chi connectivity index (χ4v) is 2.91. The number of thiophene rings is 1. The number of aromatic hydroxyl groups is 1.